The van der Waals surface area contributed by atoms with Gasteiger partial charge in [0, 0.05) is 18.1 Å². The van der Waals surface area contributed by atoms with Gasteiger partial charge in [0.1, 0.15) is 17.2 Å². The summed E-state index contributed by atoms with van der Waals surface area (Å²) >= 11 is 0. The molecule has 2 aromatic heterocycles. The van der Waals surface area contributed by atoms with Crippen molar-refractivity contribution in [2.45, 2.75) is 12.5 Å². The van der Waals surface area contributed by atoms with E-state index in [4.69, 9.17) is 4.42 Å². The van der Waals surface area contributed by atoms with E-state index in [1.807, 2.05) is 24.5 Å². The van der Waals surface area contributed by atoms with E-state index in [1.165, 1.54) is 25.3 Å². The Hall–Kier alpha value is -3.06. The van der Waals surface area contributed by atoms with E-state index >= 15 is 0 Å². The number of carbonyl (C=O) groups excluding carboxylic acids is 1. The van der Waals surface area contributed by atoms with Crippen molar-refractivity contribution in [3.05, 3.63) is 72.7 Å². The summed E-state index contributed by atoms with van der Waals surface area (Å²) in [5.41, 5.74) is -0.613. The number of hydrogen-bond donors (Lipinski definition) is 3. The van der Waals surface area contributed by atoms with Crippen LogP contribution in [0.5, 0.6) is 0 Å². The summed E-state index contributed by atoms with van der Waals surface area (Å²) in [6, 6.07) is 10.7. The van der Waals surface area contributed by atoms with E-state index < -0.39 is 17.4 Å². The second-order valence-corrected chi connectivity index (χ2v) is 5.81. The lowest BCUT2D eigenvalue weighted by molar-refractivity contribution is 0.0372. The number of halogens is 1. The summed E-state index contributed by atoms with van der Waals surface area (Å²) in [6.07, 6.45) is 5.07. The molecule has 0 unspecified atom stereocenters. The third-order valence-electron chi connectivity index (χ3n) is 3.75. The average Bonchev–Trinajstić information content (AvgIpc) is 3.29. The fourth-order valence-electron chi connectivity index (χ4n) is 2.37. The normalized spacial score (nSPS) is 13.2. The molecule has 0 bridgehead atoms. The highest BCUT2D eigenvalue weighted by Crippen LogP contribution is 2.21. The van der Waals surface area contributed by atoms with Crippen LogP contribution in [0.1, 0.15) is 12.7 Å². The van der Waals surface area contributed by atoms with Crippen LogP contribution in [-0.4, -0.2) is 22.2 Å². The third kappa shape index (κ3) is 3.89. The predicted octanol–water partition coefficient (Wildman–Crippen LogP) is 3.24. The second kappa shape index (κ2) is 6.82. The van der Waals surface area contributed by atoms with Crippen molar-refractivity contribution in [1.29, 1.82) is 0 Å². The number of urea groups is 1. The number of carbonyl (C=O) groups is 1. The van der Waals surface area contributed by atoms with Gasteiger partial charge in [0.2, 0.25) is 0 Å². The Morgan fingerprint density at radius 2 is 2.04 bits per heavy atom. The lowest BCUT2D eigenvalue weighted by atomic mass is 10.0. The topological polar surface area (TPSA) is 79.4 Å². The van der Waals surface area contributed by atoms with Crippen LogP contribution in [0, 0.1) is 5.82 Å². The lowest BCUT2D eigenvalue weighted by Crippen LogP contribution is -2.40. The van der Waals surface area contributed by atoms with Crippen LogP contribution in [0.4, 0.5) is 14.9 Å². The first-order valence-electron chi connectivity index (χ1n) is 7.70. The van der Waals surface area contributed by atoms with E-state index in [9.17, 15) is 14.3 Å². The zero-order valence-electron chi connectivity index (χ0n) is 13.6. The standard InChI is InChI=1S/C18H18FN3O3/c1-18(24,16-5-4-10-25-16)12-20-17(23)21-15-11-13(6-7-14(15)19)22-8-2-3-9-22/h2-11,24H,12H2,1H3,(H2,20,21,23)/t18-/m1/s1. The van der Waals surface area contributed by atoms with Gasteiger partial charge in [0.05, 0.1) is 18.5 Å². The minimum absolute atomic E-state index is 0.0429. The number of hydrogen-bond acceptors (Lipinski definition) is 3. The van der Waals surface area contributed by atoms with Crippen molar-refractivity contribution >= 4 is 11.7 Å². The van der Waals surface area contributed by atoms with Gasteiger partial charge in [-0.1, -0.05) is 0 Å². The Bertz CT molecular complexity index is 843. The number of benzene rings is 1. The van der Waals surface area contributed by atoms with Crippen molar-refractivity contribution in [1.82, 2.24) is 9.88 Å². The first kappa shape index (κ1) is 16.8. The maximum atomic E-state index is 14.0. The van der Waals surface area contributed by atoms with Gasteiger partial charge in [-0.3, -0.25) is 0 Å². The number of anilines is 1. The van der Waals surface area contributed by atoms with Crippen molar-refractivity contribution in [3.8, 4) is 5.69 Å². The van der Waals surface area contributed by atoms with E-state index in [2.05, 4.69) is 10.6 Å². The fourth-order valence-corrected chi connectivity index (χ4v) is 2.37. The van der Waals surface area contributed by atoms with Crippen LogP contribution in [0.25, 0.3) is 5.69 Å². The smallest absolute Gasteiger partial charge is 0.319 e. The molecule has 2 amide bonds. The Kier molecular flexibility index (Phi) is 4.58. The van der Waals surface area contributed by atoms with E-state index in [1.54, 1.807) is 22.8 Å². The zero-order chi connectivity index (χ0) is 17.9. The zero-order valence-corrected chi connectivity index (χ0v) is 13.6. The molecule has 7 heteroatoms. The minimum atomic E-state index is -1.37. The number of aliphatic hydroxyl groups is 1. The molecule has 0 aliphatic carbocycles. The predicted molar refractivity (Wildman–Crippen MR) is 91.0 cm³/mol. The number of nitrogens with zero attached hydrogens (tertiary/aromatic N) is 1. The molecule has 0 spiro atoms. The largest absolute Gasteiger partial charge is 0.466 e. The fraction of sp³-hybridized carbons (Fsp3) is 0.167. The first-order valence-corrected chi connectivity index (χ1v) is 7.70. The van der Waals surface area contributed by atoms with Gasteiger partial charge in [-0.05, 0) is 49.4 Å². The minimum Gasteiger partial charge on any atom is -0.466 e. The summed E-state index contributed by atoms with van der Waals surface area (Å²) in [5, 5.41) is 15.3. The molecule has 3 rings (SSSR count). The number of furan rings is 1. The Labute approximate surface area is 143 Å². The molecule has 1 aromatic carbocycles. The van der Waals surface area contributed by atoms with Crippen molar-refractivity contribution in [3.63, 3.8) is 0 Å². The Morgan fingerprint density at radius 1 is 1.28 bits per heavy atom. The highest BCUT2D eigenvalue weighted by Gasteiger charge is 2.26. The molecule has 0 saturated heterocycles. The van der Waals surface area contributed by atoms with Crippen LogP contribution >= 0.6 is 0 Å². The van der Waals surface area contributed by atoms with Crippen molar-refractivity contribution in [2.24, 2.45) is 0 Å². The van der Waals surface area contributed by atoms with Crippen LogP contribution < -0.4 is 10.6 Å². The molecular formula is C18H18FN3O3. The summed E-state index contributed by atoms with van der Waals surface area (Å²) in [4.78, 5) is 12.0. The van der Waals surface area contributed by atoms with Crippen LogP contribution in [0.2, 0.25) is 0 Å². The van der Waals surface area contributed by atoms with Gasteiger partial charge in [-0.2, -0.15) is 0 Å². The first-order chi connectivity index (χ1) is 12.0. The SMILES string of the molecule is C[C@@](O)(CNC(=O)Nc1cc(-n2cccc2)ccc1F)c1ccco1. The molecule has 3 N–H and O–H groups in total. The van der Waals surface area contributed by atoms with Crippen molar-refractivity contribution < 1.29 is 18.7 Å². The maximum absolute atomic E-state index is 14.0. The highest BCUT2D eigenvalue weighted by molar-refractivity contribution is 5.89. The van der Waals surface area contributed by atoms with Crippen molar-refractivity contribution in [2.75, 3.05) is 11.9 Å². The molecule has 6 nitrogen and oxygen atoms in total. The maximum Gasteiger partial charge on any atom is 0.319 e. The Balaban J connectivity index is 1.66. The molecule has 25 heavy (non-hydrogen) atoms. The molecule has 0 saturated carbocycles. The van der Waals surface area contributed by atoms with Gasteiger partial charge in [-0.25, -0.2) is 9.18 Å². The lowest BCUT2D eigenvalue weighted by Gasteiger charge is -2.21. The molecule has 130 valence electrons. The molecule has 1 atom stereocenters. The molecule has 0 aliphatic heterocycles. The average molecular weight is 343 g/mol. The molecule has 3 aromatic rings. The summed E-state index contributed by atoms with van der Waals surface area (Å²) < 4.78 is 20.9. The number of aromatic nitrogens is 1. The summed E-state index contributed by atoms with van der Waals surface area (Å²) in [7, 11) is 0. The molecule has 0 fully saturated rings. The van der Waals surface area contributed by atoms with Crippen LogP contribution in [0.3, 0.4) is 0 Å². The van der Waals surface area contributed by atoms with Gasteiger partial charge in [0.25, 0.3) is 0 Å². The molecule has 0 radical (unpaired) electrons. The van der Waals surface area contributed by atoms with E-state index in [0.29, 0.717) is 11.4 Å². The van der Waals surface area contributed by atoms with Crippen LogP contribution in [-0.2, 0) is 5.60 Å². The van der Waals surface area contributed by atoms with E-state index in [0.717, 1.165) is 0 Å². The summed E-state index contributed by atoms with van der Waals surface area (Å²) in [6.45, 7) is 1.42. The van der Waals surface area contributed by atoms with Gasteiger partial charge >= 0.3 is 6.03 Å². The monoisotopic (exact) mass is 343 g/mol. The molecular weight excluding hydrogens is 325 g/mol. The molecule has 0 aliphatic rings. The third-order valence-corrected chi connectivity index (χ3v) is 3.75. The van der Waals surface area contributed by atoms with Crippen LogP contribution in [0.15, 0.2) is 65.5 Å². The number of amides is 2. The van der Waals surface area contributed by atoms with Gasteiger partial charge in [0.15, 0.2) is 0 Å². The number of rotatable bonds is 5. The highest BCUT2D eigenvalue weighted by atomic mass is 19.1. The second-order valence-electron chi connectivity index (χ2n) is 5.81. The molecule has 2 heterocycles. The van der Waals surface area contributed by atoms with E-state index in [-0.39, 0.29) is 12.2 Å². The number of nitrogens with one attached hydrogen (secondary N) is 2. The van der Waals surface area contributed by atoms with Gasteiger partial charge < -0.3 is 24.7 Å². The quantitative estimate of drug-likeness (QED) is 0.665. The van der Waals surface area contributed by atoms with Gasteiger partial charge in [-0.15, -0.1) is 0 Å². The Morgan fingerprint density at radius 3 is 2.72 bits per heavy atom. The summed E-state index contributed by atoms with van der Waals surface area (Å²) in [5.74, 6) is -0.225.